The van der Waals surface area contributed by atoms with Crippen molar-refractivity contribution in [2.75, 3.05) is 32.9 Å². The van der Waals surface area contributed by atoms with Gasteiger partial charge in [0.05, 0.1) is 36.9 Å². The van der Waals surface area contributed by atoms with Gasteiger partial charge in [-0.05, 0) is 95.8 Å². The number of hydrogen-bond acceptors (Lipinski definition) is 6. The fourth-order valence-corrected chi connectivity index (χ4v) is 6.96. The molecule has 0 saturated carbocycles. The molecule has 0 spiro atoms. The van der Waals surface area contributed by atoms with Crippen LogP contribution in [0.15, 0.2) is 204 Å². The molecule has 0 aliphatic rings. The molecule has 0 heterocycles. The summed E-state index contributed by atoms with van der Waals surface area (Å²) in [6.45, 7) is 9.25. The van der Waals surface area contributed by atoms with Gasteiger partial charge in [0, 0.05) is 37.6 Å². The molecule has 6 heteroatoms. The third-order valence-corrected chi connectivity index (χ3v) is 10.2. The van der Waals surface area contributed by atoms with Gasteiger partial charge in [-0.2, -0.15) is 10.2 Å². The van der Waals surface area contributed by atoms with Crippen LogP contribution in [0.1, 0.15) is 47.2 Å². The van der Waals surface area contributed by atoms with E-state index in [1.807, 2.05) is 24.6 Å². The lowest BCUT2D eigenvalue weighted by atomic mass is 10.1. The van der Waals surface area contributed by atoms with Crippen molar-refractivity contribution in [2.24, 2.45) is 10.2 Å². The number of para-hydroxylation sites is 2. The van der Waals surface area contributed by atoms with E-state index in [0.717, 1.165) is 59.8 Å². The lowest BCUT2D eigenvalue weighted by Gasteiger charge is -2.23. The van der Waals surface area contributed by atoms with E-state index >= 15 is 0 Å². The highest BCUT2D eigenvalue weighted by molar-refractivity contribution is 5.82. The van der Waals surface area contributed by atoms with E-state index in [-0.39, 0.29) is 0 Å². The smallest absolute Gasteiger partial charge is 0.0666 e. The lowest BCUT2D eigenvalue weighted by molar-refractivity contribution is 0.831. The third kappa shape index (κ3) is 11.1. The van der Waals surface area contributed by atoms with Crippen molar-refractivity contribution in [1.29, 1.82) is 0 Å². The molecule has 58 heavy (non-hydrogen) atoms. The topological polar surface area (TPSA) is 37.7 Å². The Kier molecular flexibility index (Phi) is 13.8. The fourth-order valence-electron chi connectivity index (χ4n) is 6.96. The molecule has 0 radical (unpaired) electrons. The molecule has 0 unspecified atom stereocenters. The maximum Gasteiger partial charge on any atom is 0.0666 e. The average molecular weight is 761 g/mol. The van der Waals surface area contributed by atoms with Crippen LogP contribution >= 0.6 is 0 Å². The number of benzene rings is 7. The van der Waals surface area contributed by atoms with Crippen LogP contribution in [0.25, 0.3) is 0 Å². The summed E-state index contributed by atoms with van der Waals surface area (Å²) in [5.41, 5.74) is 11.5. The van der Waals surface area contributed by atoms with Crippen molar-refractivity contribution >= 4 is 35.2 Å². The third-order valence-electron chi connectivity index (χ3n) is 10.2. The van der Waals surface area contributed by atoms with Crippen LogP contribution in [-0.2, 0) is 26.2 Å². The van der Waals surface area contributed by atoms with Gasteiger partial charge in [0.25, 0.3) is 0 Å². The maximum absolute atomic E-state index is 5.02. The minimum atomic E-state index is 0.618. The molecule has 0 atom stereocenters. The first-order chi connectivity index (χ1) is 28.6. The van der Waals surface area contributed by atoms with Crippen molar-refractivity contribution in [3.8, 4) is 0 Å². The van der Waals surface area contributed by atoms with Crippen LogP contribution in [-0.4, -0.2) is 25.5 Å². The van der Waals surface area contributed by atoms with Crippen molar-refractivity contribution in [3.05, 3.63) is 228 Å². The van der Waals surface area contributed by atoms with Gasteiger partial charge in [0.15, 0.2) is 0 Å². The number of hydrogen-bond donors (Lipinski definition) is 0. The van der Waals surface area contributed by atoms with E-state index < -0.39 is 0 Å². The van der Waals surface area contributed by atoms with Gasteiger partial charge < -0.3 is 9.80 Å². The second-order valence-electron chi connectivity index (χ2n) is 14.3. The first kappa shape index (κ1) is 39.3. The van der Waals surface area contributed by atoms with Crippen molar-refractivity contribution in [3.63, 3.8) is 0 Å². The SMILES string of the molecule is CCN(Cc1ccccc1)c1ccc(C=NN(Cc2cccc(CN(N=Cc3ccc(N(CC)Cc4ccccc4)cc3)c3ccccc3)c2)c2ccccc2)cc1. The Morgan fingerprint density at radius 2 is 0.690 bits per heavy atom. The fraction of sp³-hybridized carbons (Fsp3) is 0.154. The first-order valence-electron chi connectivity index (χ1n) is 20.2. The standard InChI is InChI=1S/C52H52N6/c1-3-55(39-45-18-9-5-10-19-45)49-32-28-43(29-33-49)37-53-57(51-24-13-7-14-25-51)41-47-22-17-23-48(36-47)42-58(52-26-15-8-16-27-52)54-38-44-30-34-50(35-31-44)56(4-2)40-46-20-11-6-12-21-46/h5-38H,3-4,39-42H2,1-2H3. The molecule has 0 aliphatic heterocycles. The van der Waals surface area contributed by atoms with E-state index in [9.17, 15) is 0 Å². The summed E-state index contributed by atoms with van der Waals surface area (Å²) >= 11 is 0. The first-order valence-corrected chi connectivity index (χ1v) is 20.2. The summed E-state index contributed by atoms with van der Waals surface area (Å²) in [5, 5.41) is 14.2. The van der Waals surface area contributed by atoms with E-state index in [1.54, 1.807) is 0 Å². The molecule has 0 fully saturated rings. The molecular weight excluding hydrogens is 709 g/mol. The highest BCUT2D eigenvalue weighted by Gasteiger charge is 2.11. The summed E-state index contributed by atoms with van der Waals surface area (Å²) in [6.07, 6.45) is 3.91. The highest BCUT2D eigenvalue weighted by Crippen LogP contribution is 2.23. The molecule has 0 aromatic heterocycles. The number of anilines is 4. The van der Waals surface area contributed by atoms with Gasteiger partial charge in [-0.15, -0.1) is 0 Å². The predicted molar refractivity (Wildman–Crippen MR) is 246 cm³/mol. The summed E-state index contributed by atoms with van der Waals surface area (Å²) in [4.78, 5) is 4.77. The van der Waals surface area contributed by atoms with Crippen LogP contribution in [0.4, 0.5) is 22.7 Å². The molecule has 7 rings (SSSR count). The zero-order valence-corrected chi connectivity index (χ0v) is 33.6. The van der Waals surface area contributed by atoms with Gasteiger partial charge in [0.1, 0.15) is 0 Å². The number of hydrazone groups is 2. The van der Waals surface area contributed by atoms with Crippen molar-refractivity contribution in [2.45, 2.75) is 40.0 Å². The molecule has 7 aromatic carbocycles. The van der Waals surface area contributed by atoms with Crippen LogP contribution in [0.5, 0.6) is 0 Å². The van der Waals surface area contributed by atoms with E-state index in [0.29, 0.717) is 13.1 Å². The van der Waals surface area contributed by atoms with Crippen LogP contribution in [0, 0.1) is 0 Å². The van der Waals surface area contributed by atoms with Gasteiger partial charge >= 0.3 is 0 Å². The Labute approximate surface area is 344 Å². The Hall–Kier alpha value is -6.92. The molecule has 7 aromatic rings. The summed E-state index contributed by atoms with van der Waals surface area (Å²) < 4.78 is 0. The zero-order valence-electron chi connectivity index (χ0n) is 33.6. The van der Waals surface area contributed by atoms with Crippen LogP contribution < -0.4 is 19.8 Å². The Morgan fingerprint density at radius 3 is 1.05 bits per heavy atom. The average Bonchev–Trinajstić information content (AvgIpc) is 3.29. The van der Waals surface area contributed by atoms with E-state index in [4.69, 9.17) is 10.2 Å². The quantitative estimate of drug-likeness (QED) is 0.0645. The summed E-state index contributed by atoms with van der Waals surface area (Å²) in [7, 11) is 0. The molecule has 0 aliphatic carbocycles. The van der Waals surface area contributed by atoms with Crippen LogP contribution in [0.3, 0.4) is 0 Å². The zero-order chi connectivity index (χ0) is 39.8. The number of nitrogens with zero attached hydrogens (tertiary/aromatic N) is 6. The molecular formula is C52H52N6. The van der Waals surface area contributed by atoms with Crippen molar-refractivity contribution in [1.82, 2.24) is 0 Å². The minimum Gasteiger partial charge on any atom is -0.367 e. The predicted octanol–water partition coefficient (Wildman–Crippen LogP) is 11.8. The summed E-state index contributed by atoms with van der Waals surface area (Å²) in [5.74, 6) is 0. The van der Waals surface area contributed by atoms with E-state index in [2.05, 4.69) is 216 Å². The van der Waals surface area contributed by atoms with Gasteiger partial charge in [-0.1, -0.05) is 146 Å². The largest absolute Gasteiger partial charge is 0.367 e. The lowest BCUT2D eigenvalue weighted by Crippen LogP contribution is -2.21. The van der Waals surface area contributed by atoms with Gasteiger partial charge in [-0.25, -0.2) is 0 Å². The maximum atomic E-state index is 5.02. The normalized spacial score (nSPS) is 11.2. The molecule has 0 amide bonds. The Bertz CT molecular complexity index is 2150. The Balaban J connectivity index is 1.05. The van der Waals surface area contributed by atoms with Crippen molar-refractivity contribution < 1.29 is 0 Å². The van der Waals surface area contributed by atoms with Gasteiger partial charge in [-0.3, -0.25) is 10.0 Å². The number of rotatable bonds is 18. The molecule has 6 nitrogen and oxygen atoms in total. The highest BCUT2D eigenvalue weighted by atomic mass is 15.5. The molecule has 0 saturated heterocycles. The summed E-state index contributed by atoms with van der Waals surface area (Å²) in [6, 6.07) is 68.1. The van der Waals surface area contributed by atoms with Gasteiger partial charge in [0.2, 0.25) is 0 Å². The molecule has 0 N–H and O–H groups in total. The minimum absolute atomic E-state index is 0.618. The molecule has 0 bridgehead atoms. The second-order valence-corrected chi connectivity index (χ2v) is 14.3. The second kappa shape index (κ2) is 20.3. The van der Waals surface area contributed by atoms with Crippen LogP contribution in [0.2, 0.25) is 0 Å². The monoisotopic (exact) mass is 760 g/mol. The Morgan fingerprint density at radius 1 is 0.345 bits per heavy atom. The molecule has 290 valence electrons. The van der Waals surface area contributed by atoms with E-state index in [1.165, 1.54) is 22.5 Å².